The monoisotopic (exact) mass is 479 g/mol. The van der Waals surface area contributed by atoms with Crippen LogP contribution in [-0.2, 0) is 30.8 Å². The maximum atomic E-state index is 13.2. The zero-order chi connectivity index (χ0) is 23.5. The number of amides is 1. The van der Waals surface area contributed by atoms with Crippen LogP contribution in [0.15, 0.2) is 22.4 Å². The number of carbonyl (C=O) groups is 2. The molecule has 0 radical (unpaired) electrons. The highest BCUT2D eigenvalue weighted by atomic mass is 32.2. The van der Waals surface area contributed by atoms with Crippen LogP contribution in [0.25, 0.3) is 0 Å². The van der Waals surface area contributed by atoms with E-state index in [1.54, 1.807) is 12.3 Å². The van der Waals surface area contributed by atoms with Crippen molar-refractivity contribution in [3.05, 3.63) is 39.9 Å². The summed E-state index contributed by atoms with van der Waals surface area (Å²) >= 11 is 1.25. The molecule has 1 aromatic carbocycles. The summed E-state index contributed by atoms with van der Waals surface area (Å²) in [6.07, 6.45) is 0.945. The second-order valence-corrected chi connectivity index (χ2v) is 10.8. The van der Waals surface area contributed by atoms with Gasteiger partial charge in [-0.2, -0.15) is 4.31 Å². The topological polar surface area (TPSA) is 106 Å². The molecule has 1 aromatic heterocycles. The Morgan fingerprint density at radius 2 is 1.81 bits per heavy atom. The molecule has 2 heterocycles. The summed E-state index contributed by atoms with van der Waals surface area (Å²) in [5.41, 5.74) is 3.06. The predicted molar refractivity (Wildman–Crippen MR) is 123 cm³/mol. The van der Waals surface area contributed by atoms with Crippen molar-refractivity contribution in [2.75, 3.05) is 25.0 Å². The quantitative estimate of drug-likeness (QED) is 0.612. The second kappa shape index (κ2) is 10.1. The minimum atomic E-state index is -3.61. The Morgan fingerprint density at radius 3 is 2.41 bits per heavy atom. The molecule has 0 unspecified atom stereocenters. The third-order valence-electron chi connectivity index (χ3n) is 5.44. The maximum absolute atomic E-state index is 13.2. The Labute approximate surface area is 193 Å². The molecular weight excluding hydrogens is 450 g/mol. The number of benzene rings is 1. The molecule has 174 valence electrons. The molecule has 10 heteroatoms. The number of rotatable bonds is 7. The molecule has 1 fully saturated rings. The number of ether oxygens (including phenoxy) is 1. The second-order valence-electron chi connectivity index (χ2n) is 8.02. The Kier molecular flexibility index (Phi) is 7.68. The number of hydrogen-bond donors (Lipinski definition) is 1. The van der Waals surface area contributed by atoms with Gasteiger partial charge in [0.05, 0.1) is 23.6 Å². The van der Waals surface area contributed by atoms with Crippen molar-refractivity contribution in [1.29, 1.82) is 0 Å². The lowest BCUT2D eigenvalue weighted by atomic mass is 9.97. The Balaban J connectivity index is 1.59. The van der Waals surface area contributed by atoms with Crippen molar-refractivity contribution in [3.8, 4) is 0 Å². The van der Waals surface area contributed by atoms with Crippen molar-refractivity contribution in [3.63, 3.8) is 0 Å². The summed E-state index contributed by atoms with van der Waals surface area (Å²) < 4.78 is 32.8. The molecule has 0 saturated carbocycles. The summed E-state index contributed by atoms with van der Waals surface area (Å²) in [7, 11) is -3.61. The van der Waals surface area contributed by atoms with E-state index < -0.39 is 10.0 Å². The Morgan fingerprint density at radius 1 is 1.19 bits per heavy atom. The van der Waals surface area contributed by atoms with Crippen LogP contribution in [0.1, 0.15) is 42.1 Å². The molecule has 1 N–H and O–H groups in total. The normalized spacial score (nSPS) is 15.5. The van der Waals surface area contributed by atoms with Crippen LogP contribution in [0.3, 0.4) is 0 Å². The van der Waals surface area contributed by atoms with E-state index in [4.69, 9.17) is 4.74 Å². The number of thiazole rings is 1. The first-order valence-electron chi connectivity index (χ1n) is 10.6. The fourth-order valence-corrected chi connectivity index (χ4v) is 6.67. The fourth-order valence-electron chi connectivity index (χ4n) is 4.07. The zero-order valence-corrected chi connectivity index (χ0v) is 20.4. The van der Waals surface area contributed by atoms with E-state index in [1.807, 2.05) is 32.9 Å². The number of sulfonamides is 1. The molecule has 1 aliphatic rings. The number of aryl methyl sites for hydroxylation is 3. The highest BCUT2D eigenvalue weighted by molar-refractivity contribution is 7.89. The van der Waals surface area contributed by atoms with E-state index in [1.165, 1.54) is 15.6 Å². The van der Waals surface area contributed by atoms with Crippen LogP contribution in [0.5, 0.6) is 0 Å². The molecule has 8 nitrogen and oxygen atoms in total. The van der Waals surface area contributed by atoms with Crippen LogP contribution >= 0.6 is 11.3 Å². The van der Waals surface area contributed by atoms with Gasteiger partial charge in [-0.15, -0.1) is 11.3 Å². The molecular formula is C22H29N3O5S2. The molecule has 0 atom stereocenters. The van der Waals surface area contributed by atoms with Crippen molar-refractivity contribution >= 4 is 38.4 Å². The van der Waals surface area contributed by atoms with Gasteiger partial charge in [-0.05, 0) is 51.7 Å². The Hall–Kier alpha value is -2.30. The number of carbonyl (C=O) groups excluding carboxylic acids is 2. The maximum Gasteiger partial charge on any atom is 0.311 e. The molecule has 0 spiro atoms. The van der Waals surface area contributed by atoms with Crippen LogP contribution in [0.4, 0.5) is 5.13 Å². The van der Waals surface area contributed by atoms with Crippen molar-refractivity contribution in [1.82, 2.24) is 9.29 Å². The minimum Gasteiger partial charge on any atom is -0.466 e. The molecule has 3 rings (SSSR count). The third-order valence-corrected chi connectivity index (χ3v) is 8.45. The number of anilines is 1. The minimum absolute atomic E-state index is 0.0638. The average molecular weight is 480 g/mol. The van der Waals surface area contributed by atoms with Crippen LogP contribution in [-0.4, -0.2) is 49.3 Å². The van der Waals surface area contributed by atoms with Gasteiger partial charge in [0.1, 0.15) is 0 Å². The summed E-state index contributed by atoms with van der Waals surface area (Å²) in [6.45, 7) is 8.21. The first kappa shape index (κ1) is 24.3. The van der Waals surface area contributed by atoms with Gasteiger partial charge >= 0.3 is 5.97 Å². The Bertz CT molecular complexity index is 1080. The summed E-state index contributed by atoms with van der Waals surface area (Å²) in [4.78, 5) is 28.9. The number of nitrogens with zero attached hydrogens (tertiary/aromatic N) is 2. The first-order valence-corrected chi connectivity index (χ1v) is 12.9. The molecule has 1 saturated heterocycles. The summed E-state index contributed by atoms with van der Waals surface area (Å²) in [6, 6.07) is 3.76. The lowest BCUT2D eigenvalue weighted by Crippen LogP contribution is -2.41. The zero-order valence-electron chi connectivity index (χ0n) is 18.8. The highest BCUT2D eigenvalue weighted by Gasteiger charge is 2.34. The summed E-state index contributed by atoms with van der Waals surface area (Å²) in [5.74, 6) is -0.829. The average Bonchev–Trinajstić information content (AvgIpc) is 3.13. The number of hydrogen-bond acceptors (Lipinski definition) is 7. The fraction of sp³-hybridized carbons (Fsp3) is 0.500. The predicted octanol–water partition coefficient (Wildman–Crippen LogP) is 3.21. The number of piperidine rings is 1. The summed E-state index contributed by atoms with van der Waals surface area (Å²) in [5, 5.41) is 4.94. The van der Waals surface area contributed by atoms with E-state index >= 15 is 0 Å². The molecule has 32 heavy (non-hydrogen) atoms. The van der Waals surface area contributed by atoms with Gasteiger partial charge < -0.3 is 10.1 Å². The number of aromatic nitrogens is 1. The first-order chi connectivity index (χ1) is 15.1. The van der Waals surface area contributed by atoms with Gasteiger partial charge in [0, 0.05) is 24.4 Å². The van der Waals surface area contributed by atoms with E-state index in [0.717, 1.165) is 16.7 Å². The number of nitrogens with one attached hydrogen (secondary N) is 1. The molecule has 2 aromatic rings. The van der Waals surface area contributed by atoms with Gasteiger partial charge in [0.15, 0.2) is 5.13 Å². The van der Waals surface area contributed by atoms with Crippen LogP contribution < -0.4 is 5.32 Å². The third kappa shape index (κ3) is 5.54. The lowest BCUT2D eigenvalue weighted by Gasteiger charge is -2.31. The molecule has 1 amide bonds. The SMILES string of the molecule is CCOC(=O)Cc1csc(NC(=O)C2CCN(S(=O)(=O)c3c(C)cc(C)cc3C)CC2)n1. The van der Waals surface area contributed by atoms with Gasteiger partial charge in [-0.3, -0.25) is 9.59 Å². The van der Waals surface area contributed by atoms with Gasteiger partial charge in [0.2, 0.25) is 15.9 Å². The standard InChI is InChI=1S/C22H29N3O5S2/c1-5-30-19(26)12-18-13-31-22(23-18)24-21(27)17-6-8-25(9-7-17)32(28,29)20-15(3)10-14(2)11-16(20)4/h10-11,13,17H,5-9,12H2,1-4H3,(H,23,24,27). The van der Waals surface area contributed by atoms with Crippen molar-refractivity contribution < 1.29 is 22.7 Å². The molecule has 0 bridgehead atoms. The van der Waals surface area contributed by atoms with E-state index in [0.29, 0.717) is 48.3 Å². The highest BCUT2D eigenvalue weighted by Crippen LogP contribution is 2.29. The molecule has 0 aliphatic carbocycles. The van der Waals surface area contributed by atoms with Gasteiger partial charge in [0.25, 0.3) is 0 Å². The van der Waals surface area contributed by atoms with Crippen LogP contribution in [0.2, 0.25) is 0 Å². The van der Waals surface area contributed by atoms with E-state index in [2.05, 4.69) is 10.3 Å². The number of esters is 1. The van der Waals surface area contributed by atoms with Gasteiger partial charge in [-0.25, -0.2) is 13.4 Å². The van der Waals surface area contributed by atoms with Crippen LogP contribution in [0, 0.1) is 26.7 Å². The van der Waals surface area contributed by atoms with E-state index in [9.17, 15) is 18.0 Å². The molecule has 1 aliphatic heterocycles. The van der Waals surface area contributed by atoms with E-state index in [-0.39, 0.29) is 24.2 Å². The smallest absolute Gasteiger partial charge is 0.311 e. The van der Waals surface area contributed by atoms with Crippen molar-refractivity contribution in [2.24, 2.45) is 5.92 Å². The lowest BCUT2D eigenvalue weighted by molar-refractivity contribution is -0.142. The van der Waals surface area contributed by atoms with Gasteiger partial charge in [-0.1, -0.05) is 17.7 Å². The largest absolute Gasteiger partial charge is 0.466 e. The van der Waals surface area contributed by atoms with Crippen molar-refractivity contribution in [2.45, 2.75) is 51.9 Å².